The minimum Gasteiger partial charge on any atom is -0.870 e. The van der Waals surface area contributed by atoms with Crippen LogP contribution in [-0.4, -0.2) is 144 Å². The molecule has 13 nitrogen and oxygen atoms in total. The molecule has 1 amide bonds. The summed E-state index contributed by atoms with van der Waals surface area (Å²) in [5, 5.41) is 40.7. The average Bonchev–Trinajstić information content (AvgIpc) is 3.90. The predicted octanol–water partition coefficient (Wildman–Crippen LogP) is 4.98. The van der Waals surface area contributed by atoms with Crippen LogP contribution < -0.4 is 29.9 Å². The first-order chi connectivity index (χ1) is 32.9. The van der Waals surface area contributed by atoms with E-state index in [1.54, 1.807) is 48.4 Å². The zero-order valence-corrected chi connectivity index (χ0v) is 44.6. The summed E-state index contributed by atoms with van der Waals surface area (Å²) < 4.78 is 56.7. The molecule has 0 spiro atoms. The van der Waals surface area contributed by atoms with Crippen LogP contribution in [0, 0.1) is 17.8 Å². The number of nitrogens with one attached hydrogen (secondary N) is 1. The van der Waals surface area contributed by atoms with E-state index in [1.807, 2.05) is 106 Å². The second-order valence-electron chi connectivity index (χ2n) is 17.5. The SMILES string of the molecule is CSC1O[C@H]([C@H](N)[C@H](C)Sc2ccc(-c3cccnc3)cc2)C(O)[C@@H](O)[C@H]1O.CSC1O[C@H]([C@H](NC(=O)C(F)(F)F)[C@H](C)Sc2ccc(-c3cccnc3)cc2)C(C)[C@@H](C)[C@H]1C.OCC1CCCO1.[Li+].[OH-]. The van der Waals surface area contributed by atoms with Crippen molar-refractivity contribution in [3.05, 3.63) is 97.6 Å². The summed E-state index contributed by atoms with van der Waals surface area (Å²) in [5.74, 6) is -1.46. The fourth-order valence-electron chi connectivity index (χ4n) is 8.35. The molecule has 4 aromatic rings. The van der Waals surface area contributed by atoms with E-state index >= 15 is 0 Å². The summed E-state index contributed by atoms with van der Waals surface area (Å²) in [6.07, 6.45) is 3.18. The van der Waals surface area contributed by atoms with Crippen LogP contribution in [0.2, 0.25) is 0 Å². The van der Waals surface area contributed by atoms with Gasteiger partial charge in [0.2, 0.25) is 0 Å². The van der Waals surface area contributed by atoms with E-state index in [0.29, 0.717) is 0 Å². The van der Waals surface area contributed by atoms with Crippen molar-refractivity contribution in [2.45, 2.75) is 134 Å². The number of hydrogen-bond donors (Lipinski definition) is 6. The summed E-state index contributed by atoms with van der Waals surface area (Å²) in [6, 6.07) is 22.3. The van der Waals surface area contributed by atoms with Crippen LogP contribution in [0.4, 0.5) is 13.2 Å². The Labute approximate surface area is 445 Å². The summed E-state index contributed by atoms with van der Waals surface area (Å²) in [4.78, 5) is 22.2. The van der Waals surface area contributed by atoms with Gasteiger partial charge in [0.1, 0.15) is 35.3 Å². The number of aromatic nitrogens is 2. The number of nitrogens with zero attached hydrogens (tertiary/aromatic N) is 2. The molecule has 8 N–H and O–H groups in total. The fraction of sp³-hybridized carbons (Fsp3) is 0.540. The Hall–Kier alpha value is -2.36. The topological polar surface area (TPSA) is 220 Å². The molecule has 5 unspecified atom stereocenters. The number of alkyl halides is 3. The van der Waals surface area contributed by atoms with Gasteiger partial charge in [-0.25, -0.2) is 0 Å². The van der Waals surface area contributed by atoms with Crippen molar-refractivity contribution in [1.29, 1.82) is 0 Å². The third-order valence-electron chi connectivity index (χ3n) is 12.9. The molecule has 2 aromatic heterocycles. The van der Waals surface area contributed by atoms with Crippen molar-refractivity contribution in [1.82, 2.24) is 15.3 Å². The van der Waals surface area contributed by atoms with Crippen LogP contribution in [0.15, 0.2) is 107 Å². The van der Waals surface area contributed by atoms with Crippen molar-refractivity contribution in [3.8, 4) is 22.3 Å². The number of carbonyl (C=O) groups excluding carboxylic acids is 1. The number of benzene rings is 2. The number of nitrogens with two attached hydrogens (primary N) is 1. The van der Waals surface area contributed by atoms with Gasteiger partial charge in [0.05, 0.1) is 24.9 Å². The zero-order chi connectivity index (χ0) is 50.4. The maximum absolute atomic E-state index is 13.2. The van der Waals surface area contributed by atoms with E-state index in [4.69, 9.17) is 25.1 Å². The molecular formula is C50H68F3LiN4O9S4. The molecule has 2 aromatic carbocycles. The quantitative estimate of drug-likeness (QED) is 0.0725. The first kappa shape index (κ1) is 62.9. The van der Waals surface area contributed by atoms with Gasteiger partial charge in [-0.15, -0.1) is 47.0 Å². The summed E-state index contributed by atoms with van der Waals surface area (Å²) in [5.41, 5.74) is 9.72. The standard InChI is InChI=1S/C25H31F3N2O2S2.C20H26N2O4S2.C5H10O2.Li.H2O/c1-14-15(2)22(32-23(33-5)16(14)3)21(30-24(31)25(26,27)28)17(4)34-20-10-8-18(9-11-20)19-7-6-12-29-13-19;1-11(15(21)19-17(24)16(23)18(25)20(26-19)27-2)28-14-7-5-12(6-8-14)13-4-3-9-22-10-13;6-4-5-2-1-3-7-5;;/h6-17,21-23H,1-5H3,(H,30,31);3-11,15-20,23-25H,21H2,1-2H3;5-6H,1-4H2;;1H2/q;;;+1;/p-1/t14-,15?,16-,17+,21-,22+,23?;11-,15+,16+,17?,18+,19+,20?;;;/m10.../s1. The van der Waals surface area contributed by atoms with E-state index in [1.165, 1.54) is 23.5 Å². The smallest absolute Gasteiger partial charge is 0.870 e. The van der Waals surface area contributed by atoms with Gasteiger partial charge in [0.15, 0.2) is 0 Å². The van der Waals surface area contributed by atoms with Gasteiger partial charge in [-0.05, 0) is 102 Å². The van der Waals surface area contributed by atoms with Crippen molar-refractivity contribution in [2.75, 3.05) is 25.7 Å². The fourth-order valence-corrected chi connectivity index (χ4v) is 12.1. The largest absolute Gasteiger partial charge is 1.00 e. The maximum atomic E-state index is 13.2. The molecule has 0 aliphatic carbocycles. The molecule has 5 heterocycles. The van der Waals surface area contributed by atoms with Crippen molar-refractivity contribution >= 4 is 53.0 Å². The van der Waals surface area contributed by atoms with Crippen molar-refractivity contribution in [3.63, 3.8) is 0 Å². The Bertz CT molecular complexity index is 2130. The van der Waals surface area contributed by atoms with Crippen LogP contribution in [0.3, 0.4) is 0 Å². The number of amides is 1. The first-order valence-electron chi connectivity index (χ1n) is 23.0. The molecule has 71 heavy (non-hydrogen) atoms. The Kier molecular flexibility index (Phi) is 26.8. The van der Waals surface area contributed by atoms with E-state index in [9.17, 15) is 33.3 Å². The maximum Gasteiger partial charge on any atom is 1.00 e. The molecule has 7 rings (SSSR count). The van der Waals surface area contributed by atoms with E-state index in [0.717, 1.165) is 51.5 Å². The van der Waals surface area contributed by atoms with Crippen LogP contribution in [0.25, 0.3) is 22.3 Å². The monoisotopic (exact) mass is 1060 g/mol. The molecule has 388 valence electrons. The van der Waals surface area contributed by atoms with Gasteiger partial charge >= 0.3 is 30.9 Å². The molecule has 3 aliphatic rings. The number of carbonyl (C=O) groups is 1. The number of thioether (sulfide) groups is 4. The molecule has 0 radical (unpaired) electrons. The molecular weight excluding hydrogens is 993 g/mol. The van der Waals surface area contributed by atoms with E-state index < -0.39 is 60.1 Å². The molecule has 3 saturated heterocycles. The summed E-state index contributed by atoms with van der Waals surface area (Å²) in [6.45, 7) is 11.0. The number of rotatable bonds is 14. The Balaban J connectivity index is 0.000000325. The van der Waals surface area contributed by atoms with Crippen LogP contribution in [-0.2, 0) is 19.0 Å². The number of aliphatic hydroxyl groups is 4. The van der Waals surface area contributed by atoms with Gasteiger partial charge in [-0.3, -0.25) is 14.8 Å². The molecule has 21 heteroatoms. The number of halogens is 3. The summed E-state index contributed by atoms with van der Waals surface area (Å²) in [7, 11) is 0. The molecule has 0 saturated carbocycles. The van der Waals surface area contributed by atoms with Gasteiger partial charge in [0, 0.05) is 57.7 Å². The van der Waals surface area contributed by atoms with E-state index in [-0.39, 0.29) is 70.7 Å². The predicted molar refractivity (Wildman–Crippen MR) is 274 cm³/mol. The van der Waals surface area contributed by atoms with Crippen LogP contribution in [0.1, 0.15) is 47.5 Å². The first-order valence-corrected chi connectivity index (χ1v) is 27.3. The number of aliphatic hydroxyl groups excluding tert-OH is 4. The Morgan fingerprint density at radius 2 is 1.25 bits per heavy atom. The third-order valence-corrected chi connectivity index (χ3v) is 17.2. The van der Waals surface area contributed by atoms with Crippen LogP contribution in [0.5, 0.6) is 0 Å². The minimum atomic E-state index is -4.95. The third kappa shape index (κ3) is 17.6. The number of ether oxygens (including phenoxy) is 3. The molecule has 3 fully saturated rings. The van der Waals surface area contributed by atoms with Crippen molar-refractivity contribution in [2.24, 2.45) is 23.5 Å². The zero-order valence-electron chi connectivity index (χ0n) is 41.3. The number of pyridine rings is 2. The molecule has 0 bridgehead atoms. The minimum absolute atomic E-state index is 0. The summed E-state index contributed by atoms with van der Waals surface area (Å²) >= 11 is 5.85. The second kappa shape index (κ2) is 30.3. The van der Waals surface area contributed by atoms with Crippen LogP contribution >= 0.6 is 47.0 Å². The van der Waals surface area contributed by atoms with Crippen molar-refractivity contribution < 1.29 is 76.9 Å². The Morgan fingerprint density at radius 1 is 0.746 bits per heavy atom. The average molecular weight is 1060 g/mol. The van der Waals surface area contributed by atoms with E-state index in [2.05, 4.69) is 29.1 Å². The van der Waals surface area contributed by atoms with Gasteiger partial charge in [-0.2, -0.15) is 13.2 Å². The molecule has 3 aliphatic heterocycles. The Morgan fingerprint density at radius 3 is 1.68 bits per heavy atom. The second-order valence-corrected chi connectivity index (χ2v) is 22.3. The normalized spacial score (nSPS) is 27.9. The number of hydrogen-bond acceptors (Lipinski definition) is 16. The van der Waals surface area contributed by atoms with Gasteiger partial charge in [-0.1, -0.05) is 71.0 Å². The van der Waals surface area contributed by atoms with Gasteiger partial charge in [0.25, 0.3) is 0 Å². The van der Waals surface area contributed by atoms with Gasteiger partial charge < -0.3 is 51.2 Å². The molecule has 15 atom stereocenters.